The first kappa shape index (κ1) is 16.4. The Balaban J connectivity index is 2.27. The van der Waals surface area contributed by atoms with Gasteiger partial charge in [0.25, 0.3) is 0 Å². The molecule has 112 valence electrons. The molecule has 0 bridgehead atoms. The highest BCUT2D eigenvalue weighted by atomic mass is 16.5. The van der Waals surface area contributed by atoms with Crippen molar-refractivity contribution in [3.8, 4) is 0 Å². The van der Waals surface area contributed by atoms with Crippen LogP contribution in [0.5, 0.6) is 0 Å². The van der Waals surface area contributed by atoms with E-state index in [9.17, 15) is 9.90 Å². The Kier molecular flexibility index (Phi) is 7.34. The van der Waals surface area contributed by atoms with Gasteiger partial charge in [-0.05, 0) is 19.8 Å². The fourth-order valence-corrected chi connectivity index (χ4v) is 2.43. The van der Waals surface area contributed by atoms with E-state index in [1.54, 1.807) is 7.11 Å². The Morgan fingerprint density at radius 3 is 2.53 bits per heavy atom. The van der Waals surface area contributed by atoms with Crippen LogP contribution in [0.15, 0.2) is 0 Å². The molecule has 1 unspecified atom stereocenters. The third-order valence-electron chi connectivity index (χ3n) is 3.77. The summed E-state index contributed by atoms with van der Waals surface area (Å²) in [5.41, 5.74) is -0.641. The van der Waals surface area contributed by atoms with E-state index in [1.807, 2.05) is 6.92 Å². The number of hydrogen-bond acceptors (Lipinski definition) is 4. The van der Waals surface area contributed by atoms with Gasteiger partial charge in [-0.2, -0.15) is 0 Å². The predicted octanol–water partition coefficient (Wildman–Crippen LogP) is 0.812. The van der Waals surface area contributed by atoms with Gasteiger partial charge in [0.15, 0.2) is 0 Å². The van der Waals surface area contributed by atoms with Gasteiger partial charge in [-0.3, -0.25) is 4.79 Å². The molecular weight excluding hydrogens is 244 g/mol. The summed E-state index contributed by atoms with van der Waals surface area (Å²) in [6.07, 6.45) is 6.22. The molecule has 1 atom stereocenters. The molecule has 1 aliphatic carbocycles. The van der Waals surface area contributed by atoms with Crippen molar-refractivity contribution in [2.45, 2.75) is 57.1 Å². The highest BCUT2D eigenvalue weighted by Gasteiger charge is 2.28. The minimum atomic E-state index is -0.641. The maximum Gasteiger partial charge on any atom is 0.236 e. The number of carbonyl (C=O) groups excluding carboxylic acids is 1. The average molecular weight is 272 g/mol. The SMILES string of the molecule is COCCNC(=O)C(C)NCC1(O)CCCCCC1. The summed E-state index contributed by atoms with van der Waals surface area (Å²) in [5.74, 6) is -0.0470. The number of hydrogen-bond donors (Lipinski definition) is 3. The van der Waals surface area contributed by atoms with Gasteiger partial charge in [0.05, 0.1) is 18.2 Å². The fraction of sp³-hybridized carbons (Fsp3) is 0.929. The average Bonchev–Trinajstić information content (AvgIpc) is 2.61. The number of ether oxygens (including phenoxy) is 1. The van der Waals surface area contributed by atoms with Crippen molar-refractivity contribution in [3.05, 3.63) is 0 Å². The van der Waals surface area contributed by atoms with Gasteiger partial charge in [0.1, 0.15) is 0 Å². The molecule has 19 heavy (non-hydrogen) atoms. The smallest absolute Gasteiger partial charge is 0.236 e. The van der Waals surface area contributed by atoms with E-state index in [2.05, 4.69) is 10.6 Å². The highest BCUT2D eigenvalue weighted by Crippen LogP contribution is 2.26. The zero-order chi connectivity index (χ0) is 14.1. The molecule has 5 nitrogen and oxygen atoms in total. The number of amides is 1. The summed E-state index contributed by atoms with van der Waals surface area (Å²) in [6, 6.07) is -0.288. The monoisotopic (exact) mass is 272 g/mol. The summed E-state index contributed by atoms with van der Waals surface area (Å²) < 4.78 is 4.88. The van der Waals surface area contributed by atoms with Crippen LogP contribution in [-0.2, 0) is 9.53 Å². The number of rotatable bonds is 7. The first-order valence-corrected chi connectivity index (χ1v) is 7.30. The number of aliphatic hydroxyl groups is 1. The van der Waals surface area contributed by atoms with Crippen molar-refractivity contribution in [3.63, 3.8) is 0 Å². The molecule has 0 heterocycles. The summed E-state index contributed by atoms with van der Waals surface area (Å²) >= 11 is 0. The van der Waals surface area contributed by atoms with Gasteiger partial charge < -0.3 is 20.5 Å². The lowest BCUT2D eigenvalue weighted by Gasteiger charge is -2.28. The summed E-state index contributed by atoms with van der Waals surface area (Å²) in [4.78, 5) is 11.8. The zero-order valence-corrected chi connectivity index (χ0v) is 12.2. The van der Waals surface area contributed by atoms with Crippen LogP contribution in [0.4, 0.5) is 0 Å². The van der Waals surface area contributed by atoms with Crippen LogP contribution in [0.1, 0.15) is 45.4 Å². The lowest BCUT2D eigenvalue weighted by molar-refractivity contribution is -0.123. The largest absolute Gasteiger partial charge is 0.389 e. The second-order valence-electron chi connectivity index (χ2n) is 5.52. The van der Waals surface area contributed by atoms with Gasteiger partial charge in [-0.1, -0.05) is 25.7 Å². The van der Waals surface area contributed by atoms with Crippen molar-refractivity contribution >= 4 is 5.91 Å². The molecule has 1 rings (SSSR count). The normalized spacial score (nSPS) is 20.6. The summed E-state index contributed by atoms with van der Waals surface area (Å²) in [5, 5.41) is 16.4. The Labute approximate surface area is 116 Å². The molecule has 0 aromatic rings. The Morgan fingerprint density at radius 2 is 1.95 bits per heavy atom. The van der Waals surface area contributed by atoms with Gasteiger partial charge in [-0.25, -0.2) is 0 Å². The van der Waals surface area contributed by atoms with Crippen molar-refractivity contribution in [2.75, 3.05) is 26.8 Å². The molecule has 1 saturated carbocycles. The fourth-order valence-electron chi connectivity index (χ4n) is 2.43. The maximum atomic E-state index is 11.8. The molecule has 5 heteroatoms. The van der Waals surface area contributed by atoms with Gasteiger partial charge >= 0.3 is 0 Å². The van der Waals surface area contributed by atoms with E-state index in [4.69, 9.17) is 4.74 Å². The topological polar surface area (TPSA) is 70.6 Å². The molecule has 0 saturated heterocycles. The molecule has 1 amide bonds. The Morgan fingerprint density at radius 1 is 1.32 bits per heavy atom. The minimum absolute atomic E-state index is 0.0470. The van der Waals surface area contributed by atoms with Crippen molar-refractivity contribution in [1.82, 2.24) is 10.6 Å². The first-order chi connectivity index (χ1) is 9.07. The van der Waals surface area contributed by atoms with Crippen LogP contribution in [0.25, 0.3) is 0 Å². The third-order valence-corrected chi connectivity index (χ3v) is 3.77. The van der Waals surface area contributed by atoms with Crippen LogP contribution < -0.4 is 10.6 Å². The van der Waals surface area contributed by atoms with E-state index in [0.29, 0.717) is 19.7 Å². The maximum absolute atomic E-state index is 11.8. The van der Waals surface area contributed by atoms with Crippen molar-refractivity contribution in [1.29, 1.82) is 0 Å². The van der Waals surface area contributed by atoms with Crippen LogP contribution >= 0.6 is 0 Å². The van der Waals surface area contributed by atoms with E-state index in [1.165, 1.54) is 12.8 Å². The highest BCUT2D eigenvalue weighted by molar-refractivity contribution is 5.81. The van der Waals surface area contributed by atoms with Crippen LogP contribution in [0, 0.1) is 0 Å². The van der Waals surface area contributed by atoms with E-state index in [-0.39, 0.29) is 11.9 Å². The van der Waals surface area contributed by atoms with Crippen LogP contribution in [-0.4, -0.2) is 49.5 Å². The Bertz CT molecular complexity index is 263. The standard InChI is InChI=1S/C14H28N2O3/c1-12(13(17)15-9-10-19-2)16-11-14(18)7-5-3-4-6-8-14/h12,16,18H,3-11H2,1-2H3,(H,15,17). The van der Waals surface area contributed by atoms with E-state index >= 15 is 0 Å². The molecule has 0 aromatic heterocycles. The second kappa shape index (κ2) is 8.51. The Hall–Kier alpha value is -0.650. The number of carbonyl (C=O) groups is 1. The first-order valence-electron chi connectivity index (χ1n) is 7.30. The van der Waals surface area contributed by atoms with Crippen molar-refractivity contribution in [2.24, 2.45) is 0 Å². The molecular formula is C14H28N2O3. The zero-order valence-electron chi connectivity index (χ0n) is 12.2. The second-order valence-corrected chi connectivity index (χ2v) is 5.52. The van der Waals surface area contributed by atoms with Gasteiger partial charge in [0, 0.05) is 20.2 Å². The quantitative estimate of drug-likeness (QED) is 0.474. The molecule has 3 N–H and O–H groups in total. The molecule has 1 aliphatic rings. The molecule has 0 radical (unpaired) electrons. The third kappa shape index (κ3) is 6.36. The summed E-state index contributed by atoms with van der Waals surface area (Å²) in [7, 11) is 1.61. The lowest BCUT2D eigenvalue weighted by Crippen LogP contribution is -2.49. The molecule has 1 fully saturated rings. The van der Waals surface area contributed by atoms with E-state index < -0.39 is 5.60 Å². The van der Waals surface area contributed by atoms with Crippen molar-refractivity contribution < 1.29 is 14.6 Å². The van der Waals surface area contributed by atoms with Gasteiger partial charge in [-0.15, -0.1) is 0 Å². The minimum Gasteiger partial charge on any atom is -0.389 e. The summed E-state index contributed by atoms with van der Waals surface area (Å²) in [6.45, 7) is 3.35. The lowest BCUT2D eigenvalue weighted by atomic mass is 9.94. The van der Waals surface area contributed by atoms with Crippen LogP contribution in [0.2, 0.25) is 0 Å². The number of methoxy groups -OCH3 is 1. The predicted molar refractivity (Wildman–Crippen MR) is 75.0 cm³/mol. The number of nitrogens with one attached hydrogen (secondary N) is 2. The molecule has 0 spiro atoms. The van der Waals surface area contributed by atoms with Crippen LogP contribution in [0.3, 0.4) is 0 Å². The molecule has 0 aromatic carbocycles. The molecule has 0 aliphatic heterocycles. The van der Waals surface area contributed by atoms with Gasteiger partial charge in [0.2, 0.25) is 5.91 Å². The van der Waals surface area contributed by atoms with E-state index in [0.717, 1.165) is 25.7 Å².